The summed E-state index contributed by atoms with van der Waals surface area (Å²) in [5.41, 5.74) is -0.556. The molecular weight excluding hydrogens is 337 g/mol. The summed E-state index contributed by atoms with van der Waals surface area (Å²) in [4.78, 5) is 14.1. The third kappa shape index (κ3) is 4.39. The number of aliphatic hydroxyl groups excluding tert-OH is 1. The second-order valence-corrected chi connectivity index (χ2v) is 6.37. The molecule has 1 saturated heterocycles. The van der Waals surface area contributed by atoms with E-state index >= 15 is 0 Å². The molecule has 2 aromatic carbocycles. The predicted molar refractivity (Wildman–Crippen MR) is 94.4 cm³/mol. The third-order valence-corrected chi connectivity index (χ3v) is 4.47. The fourth-order valence-electron chi connectivity index (χ4n) is 3.06. The van der Waals surface area contributed by atoms with E-state index in [1.165, 1.54) is 6.07 Å². The molecule has 0 spiro atoms. The Morgan fingerprint density at radius 1 is 1.19 bits per heavy atom. The second-order valence-electron chi connectivity index (χ2n) is 6.37. The van der Waals surface area contributed by atoms with Crippen molar-refractivity contribution in [3.63, 3.8) is 0 Å². The van der Waals surface area contributed by atoms with Crippen LogP contribution in [-0.2, 0) is 16.0 Å². The number of amides is 1. The van der Waals surface area contributed by atoms with Gasteiger partial charge in [-0.3, -0.25) is 4.79 Å². The average Bonchev–Trinajstić information content (AvgIpc) is 2.69. The third-order valence-electron chi connectivity index (χ3n) is 4.47. The molecule has 1 N–H and O–H groups in total. The monoisotopic (exact) mass is 359 g/mol. The van der Waals surface area contributed by atoms with E-state index in [-0.39, 0.29) is 44.5 Å². The number of carbonyl (C=O) groups is 1. The summed E-state index contributed by atoms with van der Waals surface area (Å²) >= 11 is 0. The molecule has 5 nitrogen and oxygen atoms in total. The summed E-state index contributed by atoms with van der Waals surface area (Å²) in [6.07, 6.45) is 0.194. The number of ether oxygens (including phenoxy) is 2. The number of para-hydroxylation sites is 1. The first kappa shape index (κ1) is 18.4. The molecule has 1 amide bonds. The van der Waals surface area contributed by atoms with Crippen molar-refractivity contribution in [3.05, 3.63) is 66.0 Å². The molecule has 1 heterocycles. The van der Waals surface area contributed by atoms with Crippen LogP contribution in [0.5, 0.6) is 5.75 Å². The molecule has 26 heavy (non-hydrogen) atoms. The number of carbonyl (C=O) groups excluding carboxylic acids is 1. The van der Waals surface area contributed by atoms with Gasteiger partial charge in [-0.2, -0.15) is 0 Å². The number of rotatable bonds is 6. The van der Waals surface area contributed by atoms with Crippen LogP contribution < -0.4 is 4.74 Å². The van der Waals surface area contributed by atoms with Crippen molar-refractivity contribution in [1.82, 2.24) is 4.90 Å². The van der Waals surface area contributed by atoms with E-state index in [0.717, 1.165) is 0 Å². The number of hydrogen-bond donors (Lipinski definition) is 1. The Labute approximate surface area is 152 Å². The van der Waals surface area contributed by atoms with Crippen molar-refractivity contribution in [2.45, 2.75) is 12.0 Å². The molecule has 1 fully saturated rings. The largest absolute Gasteiger partial charge is 0.484 e. The summed E-state index contributed by atoms with van der Waals surface area (Å²) < 4.78 is 25.2. The van der Waals surface area contributed by atoms with E-state index in [4.69, 9.17) is 9.47 Å². The molecule has 2 aromatic rings. The van der Waals surface area contributed by atoms with Crippen molar-refractivity contribution >= 4 is 5.91 Å². The molecule has 0 saturated carbocycles. The Morgan fingerprint density at radius 3 is 2.65 bits per heavy atom. The maximum Gasteiger partial charge on any atom is 0.260 e. The van der Waals surface area contributed by atoms with Crippen molar-refractivity contribution < 1.29 is 23.8 Å². The standard InChI is InChI=1S/C20H22FNO4/c21-18-9-5-4-6-16(18)12-20(15-23)14-22(10-11-26-20)19(24)13-25-17-7-2-1-3-8-17/h1-9,23H,10-15H2/t20-/m0/s1. The lowest BCUT2D eigenvalue weighted by Gasteiger charge is -2.41. The van der Waals surface area contributed by atoms with Gasteiger partial charge in [0.2, 0.25) is 0 Å². The van der Waals surface area contributed by atoms with Gasteiger partial charge in [0.05, 0.1) is 19.8 Å². The molecular formula is C20H22FNO4. The van der Waals surface area contributed by atoms with Crippen LogP contribution in [0.2, 0.25) is 0 Å². The van der Waals surface area contributed by atoms with E-state index in [1.54, 1.807) is 35.2 Å². The lowest BCUT2D eigenvalue weighted by atomic mass is 9.92. The zero-order chi connectivity index (χ0) is 18.4. The minimum Gasteiger partial charge on any atom is -0.484 e. The minimum atomic E-state index is -1.01. The van der Waals surface area contributed by atoms with Crippen LogP contribution >= 0.6 is 0 Å². The molecule has 0 radical (unpaired) electrons. The fourth-order valence-corrected chi connectivity index (χ4v) is 3.06. The van der Waals surface area contributed by atoms with Crippen molar-refractivity contribution in [2.75, 3.05) is 32.9 Å². The summed E-state index contributed by atoms with van der Waals surface area (Å²) in [5.74, 6) is 0.0807. The Kier molecular flexibility index (Phi) is 5.85. The van der Waals surface area contributed by atoms with Crippen LogP contribution in [0.1, 0.15) is 5.56 Å². The zero-order valence-corrected chi connectivity index (χ0v) is 14.4. The van der Waals surface area contributed by atoms with Crippen LogP contribution in [0.15, 0.2) is 54.6 Å². The van der Waals surface area contributed by atoms with Gasteiger partial charge in [0, 0.05) is 13.0 Å². The molecule has 0 aromatic heterocycles. The quantitative estimate of drug-likeness (QED) is 0.858. The van der Waals surface area contributed by atoms with E-state index in [1.807, 2.05) is 18.2 Å². The van der Waals surface area contributed by atoms with E-state index in [0.29, 0.717) is 17.9 Å². The van der Waals surface area contributed by atoms with Crippen LogP contribution in [0.4, 0.5) is 4.39 Å². The van der Waals surface area contributed by atoms with Crippen LogP contribution in [0, 0.1) is 5.82 Å². The van der Waals surface area contributed by atoms with E-state index in [9.17, 15) is 14.3 Å². The lowest BCUT2D eigenvalue weighted by molar-refractivity contribution is -0.159. The van der Waals surface area contributed by atoms with Gasteiger partial charge in [-0.1, -0.05) is 36.4 Å². The Balaban J connectivity index is 1.64. The smallest absolute Gasteiger partial charge is 0.260 e. The van der Waals surface area contributed by atoms with Gasteiger partial charge < -0.3 is 19.5 Å². The van der Waals surface area contributed by atoms with Gasteiger partial charge in [-0.05, 0) is 23.8 Å². The number of hydrogen-bond acceptors (Lipinski definition) is 4. The Morgan fingerprint density at radius 2 is 1.92 bits per heavy atom. The highest BCUT2D eigenvalue weighted by molar-refractivity contribution is 5.78. The van der Waals surface area contributed by atoms with E-state index in [2.05, 4.69) is 0 Å². The summed E-state index contributed by atoms with van der Waals surface area (Å²) in [5, 5.41) is 9.88. The molecule has 1 aliphatic heterocycles. The van der Waals surface area contributed by atoms with Gasteiger partial charge in [0.25, 0.3) is 5.91 Å². The molecule has 0 unspecified atom stereocenters. The number of morpholine rings is 1. The summed E-state index contributed by atoms with van der Waals surface area (Å²) in [6.45, 7) is 0.493. The number of nitrogens with zero attached hydrogens (tertiary/aromatic N) is 1. The normalized spacial score (nSPS) is 20.0. The molecule has 6 heteroatoms. The van der Waals surface area contributed by atoms with Crippen molar-refractivity contribution in [1.29, 1.82) is 0 Å². The maximum atomic E-state index is 14.0. The zero-order valence-electron chi connectivity index (χ0n) is 14.4. The highest BCUT2D eigenvalue weighted by atomic mass is 19.1. The molecule has 0 aliphatic carbocycles. The topological polar surface area (TPSA) is 59.0 Å². The first-order valence-corrected chi connectivity index (χ1v) is 8.56. The predicted octanol–water partition coefficient (Wildman–Crippen LogP) is 2.04. The van der Waals surface area contributed by atoms with Gasteiger partial charge in [0.1, 0.15) is 17.2 Å². The fraction of sp³-hybridized carbons (Fsp3) is 0.350. The van der Waals surface area contributed by atoms with Gasteiger partial charge in [0.15, 0.2) is 6.61 Å². The van der Waals surface area contributed by atoms with Crippen molar-refractivity contribution in [2.24, 2.45) is 0 Å². The Bertz CT molecular complexity index is 740. The summed E-state index contributed by atoms with van der Waals surface area (Å²) in [7, 11) is 0. The molecule has 3 rings (SSSR count). The first-order chi connectivity index (χ1) is 12.6. The average molecular weight is 359 g/mol. The Hall–Kier alpha value is -2.44. The highest BCUT2D eigenvalue weighted by Crippen LogP contribution is 2.24. The lowest BCUT2D eigenvalue weighted by Crippen LogP contribution is -2.57. The van der Waals surface area contributed by atoms with Crippen LogP contribution in [0.3, 0.4) is 0 Å². The molecule has 1 atom stereocenters. The van der Waals surface area contributed by atoms with Crippen molar-refractivity contribution in [3.8, 4) is 5.75 Å². The number of aliphatic hydroxyl groups is 1. The number of halogens is 1. The highest BCUT2D eigenvalue weighted by Gasteiger charge is 2.38. The van der Waals surface area contributed by atoms with Crippen LogP contribution in [-0.4, -0.2) is 54.4 Å². The van der Waals surface area contributed by atoms with Crippen LogP contribution in [0.25, 0.3) is 0 Å². The molecule has 138 valence electrons. The molecule has 0 bridgehead atoms. The van der Waals surface area contributed by atoms with Gasteiger partial charge >= 0.3 is 0 Å². The first-order valence-electron chi connectivity index (χ1n) is 8.56. The summed E-state index contributed by atoms with van der Waals surface area (Å²) in [6, 6.07) is 15.5. The minimum absolute atomic E-state index is 0.0920. The number of benzene rings is 2. The van der Waals surface area contributed by atoms with E-state index < -0.39 is 5.60 Å². The van der Waals surface area contributed by atoms with Gasteiger partial charge in [-0.25, -0.2) is 4.39 Å². The van der Waals surface area contributed by atoms with Gasteiger partial charge in [-0.15, -0.1) is 0 Å². The maximum absolute atomic E-state index is 14.0. The second kappa shape index (κ2) is 8.29. The molecule has 1 aliphatic rings. The SMILES string of the molecule is O=C(COc1ccccc1)N1CCO[C@@](CO)(Cc2ccccc2F)C1.